The Morgan fingerprint density at radius 3 is 2.44 bits per heavy atom. The molecule has 1 fully saturated rings. The fourth-order valence-corrected chi connectivity index (χ4v) is 4.50. The van der Waals surface area contributed by atoms with E-state index in [2.05, 4.69) is 38.5 Å². The molecule has 2 aromatic heterocycles. The molecule has 5 rings (SSSR count). The van der Waals surface area contributed by atoms with Crippen molar-refractivity contribution in [3.63, 3.8) is 0 Å². The van der Waals surface area contributed by atoms with Crippen LogP contribution in [0.3, 0.4) is 0 Å². The van der Waals surface area contributed by atoms with Gasteiger partial charge in [-0.3, -0.25) is 4.79 Å². The van der Waals surface area contributed by atoms with Gasteiger partial charge in [0, 0.05) is 29.9 Å². The minimum atomic E-state index is -0.239. The van der Waals surface area contributed by atoms with Gasteiger partial charge in [-0.2, -0.15) is 5.10 Å². The molecule has 186 valence electrons. The van der Waals surface area contributed by atoms with E-state index in [9.17, 15) is 4.79 Å². The number of ether oxygens (including phenoxy) is 1. The fourth-order valence-electron chi connectivity index (χ4n) is 4.37. The first kappa shape index (κ1) is 24.1. The largest absolute Gasteiger partial charge is 0.488 e. The second-order valence-corrected chi connectivity index (χ2v) is 10.7. The SMILES string of the molecule is C[C@H](NC(=O)C1CN(c2ncnn3cc(-c4ccc(OC(C)(C)C)cc4)cc23)C1)c1ccc(Cl)cc1. The zero-order valence-corrected chi connectivity index (χ0v) is 21.7. The van der Waals surface area contributed by atoms with Crippen LogP contribution < -0.4 is 15.0 Å². The molecule has 7 nitrogen and oxygen atoms in total. The van der Waals surface area contributed by atoms with E-state index in [1.807, 2.05) is 74.8 Å². The molecule has 4 aromatic rings. The molecular weight excluding hydrogens is 474 g/mol. The molecule has 0 unspecified atom stereocenters. The summed E-state index contributed by atoms with van der Waals surface area (Å²) in [5.41, 5.74) is 3.82. The zero-order chi connectivity index (χ0) is 25.4. The van der Waals surface area contributed by atoms with Crippen molar-refractivity contribution in [2.45, 2.75) is 39.3 Å². The minimum Gasteiger partial charge on any atom is -0.488 e. The van der Waals surface area contributed by atoms with Crippen LogP contribution in [0.2, 0.25) is 5.02 Å². The number of anilines is 1. The van der Waals surface area contributed by atoms with Gasteiger partial charge < -0.3 is 15.0 Å². The molecule has 0 radical (unpaired) electrons. The molecule has 0 aliphatic carbocycles. The molecule has 8 heteroatoms. The van der Waals surface area contributed by atoms with Crippen molar-refractivity contribution < 1.29 is 9.53 Å². The maximum atomic E-state index is 12.8. The Morgan fingerprint density at radius 2 is 1.78 bits per heavy atom. The van der Waals surface area contributed by atoms with E-state index in [1.165, 1.54) is 0 Å². The van der Waals surface area contributed by atoms with Gasteiger partial charge in [0.1, 0.15) is 23.2 Å². The number of fused-ring (bicyclic) bond motifs is 1. The number of amides is 1. The number of nitrogens with zero attached hydrogens (tertiary/aromatic N) is 4. The van der Waals surface area contributed by atoms with Gasteiger partial charge in [-0.1, -0.05) is 35.9 Å². The van der Waals surface area contributed by atoms with Crippen LogP contribution in [0.25, 0.3) is 16.6 Å². The summed E-state index contributed by atoms with van der Waals surface area (Å²) in [6, 6.07) is 17.6. The summed E-state index contributed by atoms with van der Waals surface area (Å²) in [5.74, 6) is 1.64. The lowest BCUT2D eigenvalue weighted by atomic mass is 9.98. The van der Waals surface area contributed by atoms with Crippen molar-refractivity contribution in [2.24, 2.45) is 5.92 Å². The number of aromatic nitrogens is 3. The van der Waals surface area contributed by atoms with Crippen LogP contribution in [0.5, 0.6) is 5.75 Å². The lowest BCUT2D eigenvalue weighted by molar-refractivity contribution is -0.126. The highest BCUT2D eigenvalue weighted by atomic mass is 35.5. The number of hydrogen-bond donors (Lipinski definition) is 1. The van der Waals surface area contributed by atoms with Gasteiger partial charge in [0.25, 0.3) is 0 Å². The molecule has 1 aliphatic heterocycles. The molecule has 0 bridgehead atoms. The predicted octanol–water partition coefficient (Wildman–Crippen LogP) is 5.54. The fraction of sp³-hybridized carbons (Fsp3) is 0.321. The summed E-state index contributed by atoms with van der Waals surface area (Å²) in [6.07, 6.45) is 3.56. The molecule has 0 saturated carbocycles. The number of carbonyl (C=O) groups excluding carboxylic acids is 1. The number of nitrogens with one attached hydrogen (secondary N) is 1. The molecule has 1 amide bonds. The smallest absolute Gasteiger partial charge is 0.227 e. The van der Waals surface area contributed by atoms with Crippen molar-refractivity contribution in [3.8, 4) is 16.9 Å². The van der Waals surface area contributed by atoms with Gasteiger partial charge in [-0.25, -0.2) is 9.50 Å². The third-order valence-corrected chi connectivity index (χ3v) is 6.53. The summed E-state index contributed by atoms with van der Waals surface area (Å²) in [7, 11) is 0. The number of halogens is 1. The van der Waals surface area contributed by atoms with Crippen molar-refractivity contribution in [2.75, 3.05) is 18.0 Å². The molecule has 1 aliphatic rings. The van der Waals surface area contributed by atoms with E-state index < -0.39 is 0 Å². The highest BCUT2D eigenvalue weighted by Gasteiger charge is 2.35. The monoisotopic (exact) mass is 503 g/mol. The summed E-state index contributed by atoms with van der Waals surface area (Å²) >= 11 is 5.97. The second-order valence-electron chi connectivity index (χ2n) is 10.3. The summed E-state index contributed by atoms with van der Waals surface area (Å²) in [6.45, 7) is 9.31. The highest BCUT2D eigenvalue weighted by Crippen LogP contribution is 2.32. The second kappa shape index (κ2) is 9.47. The Labute approximate surface area is 216 Å². The van der Waals surface area contributed by atoms with Gasteiger partial charge in [0.15, 0.2) is 5.82 Å². The van der Waals surface area contributed by atoms with Crippen LogP contribution in [0.15, 0.2) is 67.1 Å². The number of hydrogen-bond acceptors (Lipinski definition) is 5. The lowest BCUT2D eigenvalue weighted by Gasteiger charge is -2.39. The number of benzene rings is 2. The maximum absolute atomic E-state index is 12.8. The van der Waals surface area contributed by atoms with Crippen LogP contribution in [-0.2, 0) is 4.79 Å². The average Bonchev–Trinajstić information content (AvgIpc) is 3.23. The lowest BCUT2D eigenvalue weighted by Crippen LogP contribution is -2.54. The third-order valence-electron chi connectivity index (χ3n) is 6.28. The predicted molar refractivity (Wildman–Crippen MR) is 143 cm³/mol. The first-order chi connectivity index (χ1) is 17.2. The van der Waals surface area contributed by atoms with Crippen LogP contribution >= 0.6 is 11.6 Å². The minimum absolute atomic E-state index is 0.0485. The molecule has 36 heavy (non-hydrogen) atoms. The van der Waals surface area contributed by atoms with Gasteiger partial charge in [0.2, 0.25) is 5.91 Å². The Hall–Kier alpha value is -3.58. The Kier molecular flexibility index (Phi) is 6.35. The van der Waals surface area contributed by atoms with Crippen molar-refractivity contribution in [1.29, 1.82) is 0 Å². The van der Waals surface area contributed by atoms with Gasteiger partial charge in [0.05, 0.1) is 12.0 Å². The van der Waals surface area contributed by atoms with Crippen LogP contribution in [0, 0.1) is 5.92 Å². The van der Waals surface area contributed by atoms with E-state index in [4.69, 9.17) is 16.3 Å². The van der Waals surface area contributed by atoms with E-state index in [1.54, 1.807) is 6.33 Å². The topological polar surface area (TPSA) is 71.8 Å². The number of rotatable bonds is 6. The van der Waals surface area contributed by atoms with Crippen molar-refractivity contribution >= 4 is 28.8 Å². The molecule has 3 heterocycles. The standard InChI is InChI=1S/C28H30ClN5O2/c1-18(19-5-9-23(29)10-6-19)32-27(35)22-14-33(15-22)26-25-13-21(16-34(25)31-17-30-26)20-7-11-24(12-8-20)36-28(2,3)4/h5-13,16-18,22H,14-15H2,1-4H3,(H,32,35)/t18-/m0/s1. The zero-order valence-electron chi connectivity index (χ0n) is 20.9. The molecule has 1 N–H and O–H groups in total. The molecular formula is C28H30ClN5O2. The Balaban J connectivity index is 1.26. The summed E-state index contributed by atoms with van der Waals surface area (Å²) in [4.78, 5) is 19.5. The van der Waals surface area contributed by atoms with Gasteiger partial charge in [-0.05, 0) is 69.2 Å². The third kappa shape index (κ3) is 5.16. The van der Waals surface area contributed by atoms with Gasteiger partial charge >= 0.3 is 0 Å². The molecule has 1 atom stereocenters. The van der Waals surface area contributed by atoms with E-state index >= 15 is 0 Å². The van der Waals surface area contributed by atoms with E-state index in [0.29, 0.717) is 18.1 Å². The first-order valence-electron chi connectivity index (χ1n) is 12.1. The summed E-state index contributed by atoms with van der Waals surface area (Å²) in [5, 5.41) is 8.19. The number of carbonyl (C=O) groups is 1. The summed E-state index contributed by atoms with van der Waals surface area (Å²) < 4.78 is 7.78. The van der Waals surface area contributed by atoms with Crippen LogP contribution in [-0.4, -0.2) is 39.2 Å². The normalized spacial score (nSPS) is 15.0. The average molecular weight is 504 g/mol. The van der Waals surface area contributed by atoms with Gasteiger partial charge in [-0.15, -0.1) is 0 Å². The van der Waals surface area contributed by atoms with E-state index in [0.717, 1.165) is 33.8 Å². The Bertz CT molecular complexity index is 1370. The first-order valence-corrected chi connectivity index (χ1v) is 12.5. The Morgan fingerprint density at radius 1 is 1.08 bits per heavy atom. The molecule has 0 spiro atoms. The molecule has 1 saturated heterocycles. The van der Waals surface area contributed by atoms with Crippen LogP contribution in [0.4, 0.5) is 5.82 Å². The van der Waals surface area contributed by atoms with Crippen molar-refractivity contribution in [1.82, 2.24) is 19.9 Å². The van der Waals surface area contributed by atoms with Crippen molar-refractivity contribution in [3.05, 3.63) is 77.7 Å². The maximum Gasteiger partial charge on any atom is 0.227 e. The highest BCUT2D eigenvalue weighted by molar-refractivity contribution is 6.30. The van der Waals surface area contributed by atoms with Crippen LogP contribution in [0.1, 0.15) is 39.3 Å². The van der Waals surface area contributed by atoms with E-state index in [-0.39, 0.29) is 23.5 Å². The quantitative estimate of drug-likeness (QED) is 0.374. The molecule has 2 aromatic carbocycles.